The highest BCUT2D eigenvalue weighted by atomic mass is 35.5. The molecule has 1 aromatic rings. The number of esters is 1. The fourth-order valence-corrected chi connectivity index (χ4v) is 1.17. The highest BCUT2D eigenvalue weighted by molar-refractivity contribution is 6.30. The molecule has 0 aliphatic rings. The molecule has 0 bridgehead atoms. The lowest BCUT2D eigenvalue weighted by Gasteiger charge is -2.16. The number of carbonyl (C=O) groups is 1. The van der Waals surface area contributed by atoms with Crippen molar-refractivity contribution in [1.29, 1.82) is 0 Å². The largest absolute Gasteiger partial charge is 0.450 e. The first-order valence-electron chi connectivity index (χ1n) is 4.98. The third kappa shape index (κ3) is 4.88. The highest BCUT2D eigenvalue weighted by Crippen LogP contribution is 2.13. The summed E-state index contributed by atoms with van der Waals surface area (Å²) in [5.74, 6) is 3.38. The molecule has 0 atom stereocenters. The first-order chi connectivity index (χ1) is 7.78. The minimum absolute atomic E-state index is 0.111. The standard InChI is InChI=1S/C13H12ClFO2/c1-13(2,3)17-12(16)7-5-9-4-6-10(14)8-11(9)15/h4,6,8H,1-3H3. The van der Waals surface area contributed by atoms with Gasteiger partial charge < -0.3 is 4.74 Å². The molecular weight excluding hydrogens is 243 g/mol. The van der Waals surface area contributed by atoms with Crippen LogP contribution in [0.4, 0.5) is 4.39 Å². The Bertz CT molecular complexity index is 492. The van der Waals surface area contributed by atoms with Gasteiger partial charge in [-0.2, -0.15) is 0 Å². The van der Waals surface area contributed by atoms with Gasteiger partial charge in [-0.25, -0.2) is 9.18 Å². The summed E-state index contributed by atoms with van der Waals surface area (Å²) < 4.78 is 18.3. The minimum atomic E-state index is -0.688. The quantitative estimate of drug-likeness (QED) is 0.525. The Balaban J connectivity index is 2.82. The zero-order valence-electron chi connectivity index (χ0n) is 9.80. The molecule has 0 fully saturated rings. The maximum absolute atomic E-state index is 13.3. The molecule has 0 aliphatic heterocycles. The van der Waals surface area contributed by atoms with Crippen LogP contribution in [-0.2, 0) is 9.53 Å². The van der Waals surface area contributed by atoms with Gasteiger partial charge in [0.2, 0.25) is 0 Å². The molecule has 2 nitrogen and oxygen atoms in total. The fraction of sp³-hybridized carbons (Fsp3) is 0.308. The van der Waals surface area contributed by atoms with E-state index in [1.54, 1.807) is 20.8 Å². The summed E-state index contributed by atoms with van der Waals surface area (Å²) in [5, 5.41) is 0.283. The van der Waals surface area contributed by atoms with Crippen molar-refractivity contribution in [3.63, 3.8) is 0 Å². The van der Waals surface area contributed by atoms with E-state index < -0.39 is 17.4 Å². The Hall–Kier alpha value is -1.53. The molecule has 17 heavy (non-hydrogen) atoms. The molecule has 90 valence electrons. The van der Waals surface area contributed by atoms with E-state index in [4.69, 9.17) is 16.3 Å². The van der Waals surface area contributed by atoms with Crippen molar-refractivity contribution < 1.29 is 13.9 Å². The third-order valence-corrected chi connectivity index (χ3v) is 1.86. The Morgan fingerprint density at radius 1 is 1.41 bits per heavy atom. The van der Waals surface area contributed by atoms with Gasteiger partial charge >= 0.3 is 5.97 Å². The molecule has 1 aromatic carbocycles. The molecule has 0 unspecified atom stereocenters. The average molecular weight is 255 g/mol. The zero-order chi connectivity index (χ0) is 13.1. The third-order valence-electron chi connectivity index (χ3n) is 1.63. The van der Waals surface area contributed by atoms with Crippen molar-refractivity contribution in [2.75, 3.05) is 0 Å². The second kappa shape index (κ2) is 5.20. The van der Waals surface area contributed by atoms with E-state index in [1.807, 2.05) is 0 Å². The van der Waals surface area contributed by atoms with E-state index in [-0.39, 0.29) is 10.6 Å². The van der Waals surface area contributed by atoms with Gasteiger partial charge in [0.25, 0.3) is 0 Å². The maximum atomic E-state index is 13.3. The van der Waals surface area contributed by atoms with E-state index in [2.05, 4.69) is 11.8 Å². The highest BCUT2D eigenvalue weighted by Gasteiger charge is 2.14. The van der Waals surface area contributed by atoms with Gasteiger partial charge in [-0.05, 0) is 39.0 Å². The summed E-state index contributed by atoms with van der Waals surface area (Å²) >= 11 is 5.59. The number of benzene rings is 1. The second-order valence-electron chi connectivity index (χ2n) is 4.38. The van der Waals surface area contributed by atoms with Gasteiger partial charge in [-0.15, -0.1) is 0 Å². The van der Waals surface area contributed by atoms with Gasteiger partial charge in [0, 0.05) is 10.9 Å². The van der Waals surface area contributed by atoms with Crippen LogP contribution in [0.1, 0.15) is 26.3 Å². The predicted octanol–water partition coefficient (Wildman–Crippen LogP) is 3.17. The molecule has 1 rings (SSSR count). The number of hydrogen-bond donors (Lipinski definition) is 0. The number of carbonyl (C=O) groups excluding carboxylic acids is 1. The van der Waals surface area contributed by atoms with Crippen molar-refractivity contribution in [2.45, 2.75) is 26.4 Å². The van der Waals surface area contributed by atoms with Crippen LogP contribution in [0.5, 0.6) is 0 Å². The SMILES string of the molecule is CC(C)(C)OC(=O)C#Cc1ccc(Cl)cc1F. The van der Waals surface area contributed by atoms with Crippen LogP contribution >= 0.6 is 11.6 Å². The zero-order valence-corrected chi connectivity index (χ0v) is 10.6. The van der Waals surface area contributed by atoms with E-state index in [9.17, 15) is 9.18 Å². The van der Waals surface area contributed by atoms with Crippen molar-refractivity contribution in [2.24, 2.45) is 0 Å². The molecule has 0 amide bonds. The Morgan fingerprint density at radius 3 is 2.59 bits per heavy atom. The molecule has 0 saturated carbocycles. The van der Waals surface area contributed by atoms with Crippen LogP contribution in [-0.4, -0.2) is 11.6 Å². The number of rotatable bonds is 0. The average Bonchev–Trinajstić information content (AvgIpc) is 2.13. The number of ether oxygens (including phenoxy) is 1. The maximum Gasteiger partial charge on any atom is 0.385 e. The van der Waals surface area contributed by atoms with Crippen molar-refractivity contribution in [3.05, 3.63) is 34.6 Å². The van der Waals surface area contributed by atoms with Crippen LogP contribution in [0, 0.1) is 17.7 Å². The Kier molecular flexibility index (Phi) is 4.14. The lowest BCUT2D eigenvalue weighted by atomic mass is 10.2. The van der Waals surface area contributed by atoms with Gasteiger partial charge in [0.15, 0.2) is 0 Å². The molecular formula is C13H12ClFO2. The van der Waals surface area contributed by atoms with E-state index >= 15 is 0 Å². The molecule has 0 spiro atoms. The second-order valence-corrected chi connectivity index (χ2v) is 4.81. The number of halogens is 2. The molecule has 0 radical (unpaired) electrons. The molecule has 0 aliphatic carbocycles. The lowest BCUT2D eigenvalue weighted by Crippen LogP contribution is -2.22. The number of hydrogen-bond acceptors (Lipinski definition) is 2. The summed E-state index contributed by atoms with van der Waals surface area (Å²) in [6, 6.07) is 4.05. The van der Waals surface area contributed by atoms with E-state index in [0.29, 0.717) is 0 Å². The first kappa shape index (κ1) is 13.5. The van der Waals surface area contributed by atoms with Gasteiger partial charge in [0.1, 0.15) is 11.4 Å². The smallest absolute Gasteiger partial charge is 0.385 e. The van der Waals surface area contributed by atoms with Gasteiger partial charge in [0.05, 0.1) is 5.56 Å². The van der Waals surface area contributed by atoms with Gasteiger partial charge in [-0.1, -0.05) is 17.5 Å². The summed E-state index contributed by atoms with van der Waals surface area (Å²) in [6.07, 6.45) is 0. The predicted molar refractivity (Wildman–Crippen MR) is 64.1 cm³/mol. The topological polar surface area (TPSA) is 26.3 Å². The minimum Gasteiger partial charge on any atom is -0.450 e. The first-order valence-corrected chi connectivity index (χ1v) is 5.36. The van der Waals surface area contributed by atoms with E-state index in [1.165, 1.54) is 12.1 Å². The van der Waals surface area contributed by atoms with Crippen LogP contribution < -0.4 is 0 Å². The summed E-state index contributed by atoms with van der Waals surface area (Å²) in [5.41, 5.74) is -0.495. The van der Waals surface area contributed by atoms with E-state index in [0.717, 1.165) is 6.07 Å². The van der Waals surface area contributed by atoms with Crippen molar-refractivity contribution in [1.82, 2.24) is 0 Å². The summed E-state index contributed by atoms with van der Waals surface area (Å²) in [6.45, 7) is 5.19. The van der Waals surface area contributed by atoms with Crippen LogP contribution in [0.3, 0.4) is 0 Å². The molecule has 0 aromatic heterocycles. The van der Waals surface area contributed by atoms with Crippen molar-refractivity contribution >= 4 is 17.6 Å². The van der Waals surface area contributed by atoms with Crippen molar-refractivity contribution in [3.8, 4) is 11.8 Å². The Labute approximate surface area is 105 Å². The fourth-order valence-electron chi connectivity index (χ4n) is 1.01. The lowest BCUT2D eigenvalue weighted by molar-refractivity contribution is -0.147. The monoisotopic (exact) mass is 254 g/mol. The molecule has 0 heterocycles. The van der Waals surface area contributed by atoms with Crippen LogP contribution in [0.15, 0.2) is 18.2 Å². The normalized spacial score (nSPS) is 10.4. The summed E-state index contributed by atoms with van der Waals surface area (Å²) in [7, 11) is 0. The van der Waals surface area contributed by atoms with Crippen LogP contribution in [0.2, 0.25) is 5.02 Å². The summed E-state index contributed by atoms with van der Waals surface area (Å²) in [4.78, 5) is 11.3. The molecule has 0 saturated heterocycles. The van der Waals surface area contributed by atoms with Gasteiger partial charge in [-0.3, -0.25) is 0 Å². The molecule has 4 heteroatoms. The Morgan fingerprint density at radius 2 is 2.06 bits per heavy atom. The molecule has 0 N–H and O–H groups in total. The van der Waals surface area contributed by atoms with Crippen LogP contribution in [0.25, 0.3) is 0 Å².